The van der Waals surface area contributed by atoms with Crippen molar-refractivity contribution in [1.29, 1.82) is 0 Å². The number of hydrogen-bond donors (Lipinski definition) is 3. The van der Waals surface area contributed by atoms with Crippen molar-refractivity contribution < 1.29 is 28.2 Å². The molecule has 2 aromatic heterocycles. The molecule has 182 valence electrons. The fourth-order valence-electron chi connectivity index (χ4n) is 4.89. The molecule has 0 radical (unpaired) electrons. The van der Waals surface area contributed by atoms with Crippen LogP contribution in [0.1, 0.15) is 47.8 Å². The van der Waals surface area contributed by atoms with E-state index in [0.717, 1.165) is 23.0 Å². The molecular weight excluding hydrogens is 451 g/mol. The Labute approximate surface area is 193 Å². The third-order valence-electron chi connectivity index (χ3n) is 6.64. The topological polar surface area (TPSA) is 98.6 Å². The number of alkyl halides is 3. The van der Waals surface area contributed by atoms with E-state index < -0.39 is 35.1 Å². The molecule has 7 nitrogen and oxygen atoms in total. The summed E-state index contributed by atoms with van der Waals surface area (Å²) < 4.78 is 42.4. The molecule has 0 spiro atoms. The number of benzene rings is 1. The average Bonchev–Trinajstić information content (AvgIpc) is 3.07. The molecule has 4 rings (SSSR count). The van der Waals surface area contributed by atoms with Gasteiger partial charge in [-0.25, -0.2) is 4.79 Å². The van der Waals surface area contributed by atoms with Gasteiger partial charge in [-0.15, -0.1) is 0 Å². The van der Waals surface area contributed by atoms with E-state index in [9.17, 15) is 33.0 Å². The van der Waals surface area contributed by atoms with Gasteiger partial charge < -0.3 is 19.8 Å². The van der Waals surface area contributed by atoms with Gasteiger partial charge in [-0.2, -0.15) is 13.2 Å². The molecule has 10 heteroatoms. The lowest BCUT2D eigenvalue weighted by Crippen LogP contribution is -2.48. The van der Waals surface area contributed by atoms with Crippen molar-refractivity contribution in [2.45, 2.75) is 51.4 Å². The lowest BCUT2D eigenvalue weighted by Gasteiger charge is -2.36. The number of piperidine rings is 1. The van der Waals surface area contributed by atoms with Crippen LogP contribution < -0.4 is 5.56 Å². The van der Waals surface area contributed by atoms with E-state index in [2.05, 4.69) is 4.98 Å². The van der Waals surface area contributed by atoms with E-state index in [1.54, 1.807) is 32.2 Å². The number of carboxylic acids is 1. The number of carbonyl (C=O) groups is 1. The number of rotatable bonds is 5. The van der Waals surface area contributed by atoms with Gasteiger partial charge in [0.25, 0.3) is 5.56 Å². The van der Waals surface area contributed by atoms with Crippen LogP contribution in [0.3, 0.4) is 0 Å². The summed E-state index contributed by atoms with van der Waals surface area (Å²) in [5.41, 5.74) is 1.11. The zero-order chi connectivity index (χ0) is 24.8. The summed E-state index contributed by atoms with van der Waals surface area (Å²) in [6.07, 6.45) is -2.61. The van der Waals surface area contributed by atoms with Crippen LogP contribution in [0.15, 0.2) is 29.1 Å². The number of aromatic amines is 1. The maximum atomic E-state index is 13.5. The summed E-state index contributed by atoms with van der Waals surface area (Å²) in [4.78, 5) is 27.7. The van der Waals surface area contributed by atoms with Crippen molar-refractivity contribution in [3.05, 3.63) is 51.4 Å². The Balaban J connectivity index is 1.74. The number of aryl methyl sites for hydroxylation is 1. The third-order valence-corrected chi connectivity index (χ3v) is 6.64. The summed E-state index contributed by atoms with van der Waals surface area (Å²) in [5, 5.41) is 20.4. The molecule has 0 saturated carbocycles. The maximum Gasteiger partial charge on any atom is 0.404 e. The van der Waals surface area contributed by atoms with E-state index in [4.69, 9.17) is 0 Å². The van der Waals surface area contributed by atoms with Gasteiger partial charge in [0.1, 0.15) is 11.8 Å². The Morgan fingerprint density at radius 2 is 1.97 bits per heavy atom. The second kappa shape index (κ2) is 8.83. The zero-order valence-corrected chi connectivity index (χ0v) is 18.9. The van der Waals surface area contributed by atoms with Crippen molar-refractivity contribution >= 4 is 16.9 Å². The highest BCUT2D eigenvalue weighted by Crippen LogP contribution is 2.35. The molecular formula is C24H26F3N3O4. The molecule has 0 amide bonds. The molecule has 0 aliphatic carbocycles. The first-order valence-electron chi connectivity index (χ1n) is 11.1. The average molecular weight is 477 g/mol. The molecule has 1 atom stereocenters. The number of aromatic nitrogens is 2. The molecule has 3 N–H and O–H groups in total. The van der Waals surface area contributed by atoms with Crippen LogP contribution in [0.25, 0.3) is 22.2 Å². The highest BCUT2D eigenvalue weighted by Gasteiger charge is 2.44. The second-order valence-corrected chi connectivity index (χ2v) is 8.68. The van der Waals surface area contributed by atoms with Crippen LogP contribution in [-0.4, -0.2) is 49.4 Å². The number of likely N-dealkylation sites (tertiary alicyclic amines) is 1. The van der Waals surface area contributed by atoms with E-state index >= 15 is 0 Å². The number of aromatic carboxylic acids is 1. The molecule has 3 heterocycles. The van der Waals surface area contributed by atoms with Gasteiger partial charge >= 0.3 is 12.1 Å². The number of H-pyrrole nitrogens is 1. The first-order valence-corrected chi connectivity index (χ1v) is 11.1. The molecule has 1 aliphatic rings. The number of nitrogens with zero attached hydrogens (tertiary/aromatic N) is 2. The Kier molecular flexibility index (Phi) is 6.20. The third kappa shape index (κ3) is 4.18. The van der Waals surface area contributed by atoms with Crippen LogP contribution in [-0.2, 0) is 20.0 Å². The van der Waals surface area contributed by atoms with Gasteiger partial charge in [-0.05, 0) is 49.6 Å². The smallest absolute Gasteiger partial charge is 0.404 e. The predicted molar refractivity (Wildman–Crippen MR) is 121 cm³/mol. The van der Waals surface area contributed by atoms with Gasteiger partial charge in [-0.3, -0.25) is 9.69 Å². The summed E-state index contributed by atoms with van der Waals surface area (Å²) >= 11 is 0. The quantitative estimate of drug-likeness (QED) is 0.506. The molecule has 1 fully saturated rings. The fraction of sp³-hybridized carbons (Fsp3) is 0.417. The number of hydrogen-bond acceptors (Lipinski definition) is 4. The number of fused-ring (bicyclic) bond motifs is 1. The van der Waals surface area contributed by atoms with Crippen LogP contribution in [0, 0.1) is 0 Å². The standard InChI is InChI=1S/C24H26F3N3O4/c1-3-16-20(28-22(32)19(21(16)31)23(33)34)13-7-8-17-14(10-13)11-15(29(17)2)12-30-9-5-4-6-18(30)24(25,26)27/h7-8,10-11,18H,3-6,9,12H2,1-2H3,(H,33,34)(H2,28,31,32). The van der Waals surface area contributed by atoms with Crippen molar-refractivity contribution in [3.63, 3.8) is 0 Å². The van der Waals surface area contributed by atoms with Crippen molar-refractivity contribution in [3.8, 4) is 17.0 Å². The fourth-order valence-corrected chi connectivity index (χ4v) is 4.89. The van der Waals surface area contributed by atoms with Crippen molar-refractivity contribution in [2.75, 3.05) is 6.54 Å². The van der Waals surface area contributed by atoms with E-state index in [1.807, 2.05) is 10.6 Å². The van der Waals surface area contributed by atoms with Crippen LogP contribution >= 0.6 is 0 Å². The number of carboxylic acid groups (broad SMARTS) is 1. The normalized spacial score (nSPS) is 17.4. The van der Waals surface area contributed by atoms with Crippen LogP contribution in [0.4, 0.5) is 13.2 Å². The van der Waals surface area contributed by atoms with E-state index in [0.29, 0.717) is 29.8 Å². The Morgan fingerprint density at radius 1 is 1.24 bits per heavy atom. The zero-order valence-electron chi connectivity index (χ0n) is 18.9. The van der Waals surface area contributed by atoms with Crippen LogP contribution in [0.2, 0.25) is 0 Å². The van der Waals surface area contributed by atoms with E-state index in [-0.39, 0.29) is 19.4 Å². The van der Waals surface area contributed by atoms with Crippen molar-refractivity contribution in [2.24, 2.45) is 7.05 Å². The Morgan fingerprint density at radius 3 is 2.62 bits per heavy atom. The number of halogens is 3. The van der Waals surface area contributed by atoms with Crippen LogP contribution in [0.5, 0.6) is 5.75 Å². The van der Waals surface area contributed by atoms with Gasteiger partial charge in [0.05, 0.1) is 5.69 Å². The first kappa shape index (κ1) is 23.9. The lowest BCUT2D eigenvalue weighted by atomic mass is 9.99. The maximum absolute atomic E-state index is 13.5. The minimum atomic E-state index is -4.27. The number of pyridine rings is 1. The highest BCUT2D eigenvalue weighted by molar-refractivity contribution is 5.92. The Hall–Kier alpha value is -3.27. The molecule has 1 saturated heterocycles. The monoisotopic (exact) mass is 477 g/mol. The second-order valence-electron chi connectivity index (χ2n) is 8.68. The van der Waals surface area contributed by atoms with E-state index in [1.165, 1.54) is 4.90 Å². The Bertz CT molecular complexity index is 1310. The summed E-state index contributed by atoms with van der Waals surface area (Å²) in [6.45, 7) is 2.28. The molecule has 1 unspecified atom stereocenters. The summed E-state index contributed by atoms with van der Waals surface area (Å²) in [5.74, 6) is -2.08. The SMILES string of the molecule is CCc1c(-c2ccc3c(c2)cc(CN2CCCCC2C(F)(F)F)n3C)[nH]c(=O)c(C(=O)O)c1O. The largest absolute Gasteiger partial charge is 0.506 e. The molecule has 34 heavy (non-hydrogen) atoms. The predicted octanol–water partition coefficient (Wildman–Crippen LogP) is 4.42. The molecule has 1 aliphatic heterocycles. The van der Waals surface area contributed by atoms with Gasteiger partial charge in [0.15, 0.2) is 5.56 Å². The minimum absolute atomic E-state index is 0.0978. The first-order chi connectivity index (χ1) is 16.0. The minimum Gasteiger partial charge on any atom is -0.506 e. The number of nitrogens with one attached hydrogen (secondary N) is 1. The summed E-state index contributed by atoms with van der Waals surface area (Å²) in [7, 11) is 1.80. The van der Waals surface area contributed by atoms with Gasteiger partial charge in [0, 0.05) is 35.8 Å². The van der Waals surface area contributed by atoms with Crippen molar-refractivity contribution in [1.82, 2.24) is 14.5 Å². The summed E-state index contributed by atoms with van der Waals surface area (Å²) in [6, 6.07) is 5.68. The molecule has 0 bridgehead atoms. The van der Waals surface area contributed by atoms with Gasteiger partial charge in [-0.1, -0.05) is 19.4 Å². The lowest BCUT2D eigenvalue weighted by molar-refractivity contribution is -0.192. The molecule has 3 aromatic rings. The number of aromatic hydroxyl groups is 1. The molecule has 1 aromatic carbocycles. The highest BCUT2D eigenvalue weighted by atomic mass is 19.4. The van der Waals surface area contributed by atoms with Gasteiger partial charge in [0.2, 0.25) is 0 Å².